The molecule has 1 aromatic heterocycles. The molecule has 5 heteroatoms. The van der Waals surface area contributed by atoms with E-state index in [9.17, 15) is 9.90 Å². The van der Waals surface area contributed by atoms with Crippen LogP contribution in [0.3, 0.4) is 0 Å². The van der Waals surface area contributed by atoms with Crippen LogP contribution in [0.25, 0.3) is 11.0 Å². The maximum Gasteiger partial charge on any atom is 0.303 e. The molecule has 0 saturated carbocycles. The highest BCUT2D eigenvalue weighted by Crippen LogP contribution is 2.25. The molecule has 0 bridgehead atoms. The molecule has 120 valence electrons. The predicted octanol–water partition coefficient (Wildman–Crippen LogP) is 2.87. The highest BCUT2D eigenvalue weighted by Gasteiger charge is 2.20. The van der Waals surface area contributed by atoms with Crippen molar-refractivity contribution in [2.24, 2.45) is 5.92 Å². The lowest BCUT2D eigenvalue weighted by Crippen LogP contribution is -2.23. The summed E-state index contributed by atoms with van der Waals surface area (Å²) < 4.78 is 0. The van der Waals surface area contributed by atoms with Gasteiger partial charge in [0, 0.05) is 6.42 Å². The number of aliphatic carboxylic acids is 1. The van der Waals surface area contributed by atoms with Gasteiger partial charge in [-0.25, -0.2) is 4.98 Å². The summed E-state index contributed by atoms with van der Waals surface area (Å²) in [5, 5.41) is 18.9. The minimum atomic E-state index is -0.897. The van der Waals surface area contributed by atoms with Crippen LogP contribution in [0.2, 0.25) is 0 Å². The van der Waals surface area contributed by atoms with Gasteiger partial charge < -0.3 is 15.2 Å². The van der Waals surface area contributed by atoms with Crippen LogP contribution in [0.15, 0.2) is 18.2 Å². The number of aromatic amines is 1. The molecule has 0 aliphatic carbocycles. The lowest BCUT2D eigenvalue weighted by atomic mass is 9.87. The van der Waals surface area contributed by atoms with Crippen LogP contribution in [-0.4, -0.2) is 32.3 Å². The van der Waals surface area contributed by atoms with Gasteiger partial charge in [0.25, 0.3) is 0 Å². The summed E-state index contributed by atoms with van der Waals surface area (Å²) in [5.41, 5.74) is 3.09. The Balaban J connectivity index is 2.17. The molecule has 5 nitrogen and oxygen atoms in total. The standard InChI is InChI=1S/C17H24N2O3/c1-10(7-16(21)22)14(20)9-15-18-12-6-5-11(17(2,3)4)8-13(12)19-15/h5-6,8,10,14,20H,7,9H2,1-4H3,(H,18,19)(H,21,22). The van der Waals surface area contributed by atoms with Crippen LogP contribution in [0.4, 0.5) is 0 Å². The number of benzene rings is 1. The first kappa shape index (κ1) is 16.5. The lowest BCUT2D eigenvalue weighted by molar-refractivity contribution is -0.138. The van der Waals surface area contributed by atoms with E-state index in [1.54, 1.807) is 6.92 Å². The van der Waals surface area contributed by atoms with Gasteiger partial charge in [0.1, 0.15) is 5.82 Å². The Kier molecular flexibility index (Phi) is 4.56. The maximum atomic E-state index is 10.7. The fraction of sp³-hybridized carbons (Fsp3) is 0.529. The van der Waals surface area contributed by atoms with Crippen LogP contribution >= 0.6 is 0 Å². The smallest absolute Gasteiger partial charge is 0.303 e. The Labute approximate surface area is 130 Å². The number of hydrogen-bond acceptors (Lipinski definition) is 3. The van der Waals surface area contributed by atoms with Crippen molar-refractivity contribution < 1.29 is 15.0 Å². The topological polar surface area (TPSA) is 86.2 Å². The number of aliphatic hydroxyl groups excluding tert-OH is 1. The van der Waals surface area contributed by atoms with Gasteiger partial charge in [-0.3, -0.25) is 4.79 Å². The van der Waals surface area contributed by atoms with Gasteiger partial charge in [-0.2, -0.15) is 0 Å². The third kappa shape index (κ3) is 3.85. The van der Waals surface area contributed by atoms with E-state index in [1.165, 1.54) is 5.56 Å². The van der Waals surface area contributed by atoms with Crippen molar-refractivity contribution in [2.75, 3.05) is 0 Å². The van der Waals surface area contributed by atoms with Crippen LogP contribution in [0.1, 0.15) is 45.5 Å². The van der Waals surface area contributed by atoms with Crippen molar-refractivity contribution in [1.82, 2.24) is 9.97 Å². The van der Waals surface area contributed by atoms with Crippen molar-refractivity contribution in [3.05, 3.63) is 29.6 Å². The molecule has 0 radical (unpaired) electrons. The second-order valence-electron chi connectivity index (χ2n) is 7.01. The summed E-state index contributed by atoms with van der Waals surface area (Å²) in [6, 6.07) is 6.12. The largest absolute Gasteiger partial charge is 0.481 e. The molecule has 22 heavy (non-hydrogen) atoms. The number of nitrogens with one attached hydrogen (secondary N) is 1. The van der Waals surface area contributed by atoms with E-state index in [-0.39, 0.29) is 17.8 Å². The highest BCUT2D eigenvalue weighted by molar-refractivity contribution is 5.76. The van der Waals surface area contributed by atoms with Gasteiger partial charge in [-0.05, 0) is 29.0 Å². The summed E-state index contributed by atoms with van der Waals surface area (Å²) in [7, 11) is 0. The van der Waals surface area contributed by atoms with Gasteiger partial charge in [0.2, 0.25) is 0 Å². The Hall–Kier alpha value is -1.88. The van der Waals surface area contributed by atoms with E-state index in [0.717, 1.165) is 11.0 Å². The van der Waals surface area contributed by atoms with Gasteiger partial charge in [0.15, 0.2) is 0 Å². The predicted molar refractivity (Wildman–Crippen MR) is 85.9 cm³/mol. The van der Waals surface area contributed by atoms with Crippen LogP contribution in [0, 0.1) is 5.92 Å². The average Bonchev–Trinajstić information content (AvgIpc) is 2.77. The molecule has 0 fully saturated rings. The Morgan fingerprint density at radius 2 is 2.05 bits per heavy atom. The fourth-order valence-electron chi connectivity index (χ4n) is 2.44. The maximum absolute atomic E-state index is 10.7. The molecule has 0 aliphatic heterocycles. The molecule has 0 aliphatic rings. The molecule has 2 rings (SSSR count). The minimum Gasteiger partial charge on any atom is -0.481 e. The molecule has 1 heterocycles. The van der Waals surface area contributed by atoms with Gasteiger partial charge >= 0.3 is 5.97 Å². The van der Waals surface area contributed by atoms with E-state index in [0.29, 0.717) is 12.2 Å². The minimum absolute atomic E-state index is 0.0461. The van der Waals surface area contributed by atoms with Crippen molar-refractivity contribution in [2.45, 2.75) is 52.1 Å². The number of carboxylic acids is 1. The number of nitrogens with zero attached hydrogens (tertiary/aromatic N) is 1. The molecule has 2 atom stereocenters. The number of aliphatic hydroxyl groups is 1. The lowest BCUT2D eigenvalue weighted by Gasteiger charge is -2.18. The zero-order chi connectivity index (χ0) is 16.5. The van der Waals surface area contributed by atoms with E-state index in [2.05, 4.69) is 42.9 Å². The summed E-state index contributed by atoms with van der Waals surface area (Å²) in [4.78, 5) is 18.4. The second-order valence-corrected chi connectivity index (χ2v) is 7.01. The number of hydrogen-bond donors (Lipinski definition) is 3. The Morgan fingerprint density at radius 1 is 1.36 bits per heavy atom. The molecule has 1 aromatic carbocycles. The van der Waals surface area contributed by atoms with E-state index < -0.39 is 12.1 Å². The summed E-state index contributed by atoms with van der Waals surface area (Å²) in [5.74, 6) is -0.521. The first-order valence-corrected chi connectivity index (χ1v) is 7.56. The SMILES string of the molecule is CC(CC(=O)O)C(O)Cc1nc2ccc(C(C)(C)C)cc2[nH]1. The average molecular weight is 304 g/mol. The quantitative estimate of drug-likeness (QED) is 0.792. The van der Waals surface area contributed by atoms with Crippen LogP contribution in [-0.2, 0) is 16.6 Å². The monoisotopic (exact) mass is 304 g/mol. The summed E-state index contributed by atoms with van der Waals surface area (Å²) in [6.07, 6.45) is -0.442. The number of imidazole rings is 1. The van der Waals surface area contributed by atoms with Crippen molar-refractivity contribution in [1.29, 1.82) is 0 Å². The normalized spacial score (nSPS) is 15.0. The van der Waals surface area contributed by atoms with Gasteiger partial charge in [-0.15, -0.1) is 0 Å². The first-order valence-electron chi connectivity index (χ1n) is 7.56. The zero-order valence-electron chi connectivity index (χ0n) is 13.6. The Morgan fingerprint density at radius 3 is 2.64 bits per heavy atom. The van der Waals surface area contributed by atoms with E-state index in [1.807, 2.05) is 6.07 Å². The van der Waals surface area contributed by atoms with E-state index in [4.69, 9.17) is 5.11 Å². The molecular formula is C17H24N2O3. The van der Waals surface area contributed by atoms with Gasteiger partial charge in [-0.1, -0.05) is 33.8 Å². The van der Waals surface area contributed by atoms with Crippen molar-refractivity contribution in [3.8, 4) is 0 Å². The first-order chi connectivity index (χ1) is 10.2. The molecule has 0 amide bonds. The molecule has 0 spiro atoms. The van der Waals surface area contributed by atoms with Crippen LogP contribution in [0.5, 0.6) is 0 Å². The number of H-pyrrole nitrogens is 1. The summed E-state index contributed by atoms with van der Waals surface area (Å²) in [6.45, 7) is 8.20. The second kappa shape index (κ2) is 6.08. The molecule has 2 unspecified atom stereocenters. The zero-order valence-corrected chi connectivity index (χ0v) is 13.6. The third-order valence-electron chi connectivity index (χ3n) is 3.95. The van der Waals surface area contributed by atoms with Crippen molar-refractivity contribution >= 4 is 17.0 Å². The fourth-order valence-corrected chi connectivity index (χ4v) is 2.44. The van der Waals surface area contributed by atoms with Crippen LogP contribution < -0.4 is 0 Å². The molecular weight excluding hydrogens is 280 g/mol. The van der Waals surface area contributed by atoms with E-state index >= 15 is 0 Å². The number of fused-ring (bicyclic) bond motifs is 1. The third-order valence-corrected chi connectivity index (χ3v) is 3.95. The number of carbonyl (C=O) groups is 1. The molecule has 0 saturated heterocycles. The number of aromatic nitrogens is 2. The highest BCUT2D eigenvalue weighted by atomic mass is 16.4. The molecule has 3 N–H and O–H groups in total. The van der Waals surface area contributed by atoms with Gasteiger partial charge in [0.05, 0.1) is 23.6 Å². The number of rotatable bonds is 5. The number of carboxylic acid groups (broad SMARTS) is 1. The Bertz CT molecular complexity index is 670. The van der Waals surface area contributed by atoms with Crippen molar-refractivity contribution in [3.63, 3.8) is 0 Å². The summed E-state index contributed by atoms with van der Waals surface area (Å²) >= 11 is 0. The molecule has 2 aromatic rings.